The number of benzene rings is 1. The Morgan fingerprint density at radius 3 is 2.79 bits per heavy atom. The molecule has 0 saturated heterocycles. The Labute approximate surface area is 138 Å². The van der Waals surface area contributed by atoms with E-state index in [0.29, 0.717) is 11.5 Å². The van der Waals surface area contributed by atoms with Crippen LogP contribution >= 0.6 is 0 Å². The smallest absolute Gasteiger partial charge is 0.273 e. The molecule has 0 saturated carbocycles. The number of oxazole rings is 1. The molecule has 1 atom stereocenters. The topological polar surface area (TPSA) is 117 Å². The van der Waals surface area contributed by atoms with Gasteiger partial charge in [0.25, 0.3) is 5.91 Å². The highest BCUT2D eigenvalue weighted by Crippen LogP contribution is 2.28. The molecule has 3 N–H and O–H groups in total. The second kappa shape index (κ2) is 7.49. The molecule has 2 amide bonds. The first-order valence-corrected chi connectivity index (χ1v) is 7.22. The minimum atomic E-state index is -0.800. The molecule has 24 heavy (non-hydrogen) atoms. The van der Waals surface area contributed by atoms with Gasteiger partial charge in [-0.25, -0.2) is 4.98 Å². The number of ether oxygens (including phenoxy) is 2. The minimum absolute atomic E-state index is 0.0259. The van der Waals surface area contributed by atoms with E-state index in [-0.39, 0.29) is 18.2 Å². The molecule has 0 aliphatic heterocycles. The molecule has 1 heterocycles. The third-order valence-corrected chi connectivity index (χ3v) is 3.23. The van der Waals surface area contributed by atoms with Gasteiger partial charge in [0.05, 0.1) is 7.11 Å². The first-order chi connectivity index (χ1) is 11.4. The van der Waals surface area contributed by atoms with Crippen molar-refractivity contribution in [3.05, 3.63) is 41.6 Å². The molecular weight excluding hydrogens is 314 g/mol. The molecule has 1 aromatic heterocycles. The van der Waals surface area contributed by atoms with Gasteiger partial charge in [-0.05, 0) is 31.5 Å². The predicted molar refractivity (Wildman–Crippen MR) is 84.7 cm³/mol. The number of nitrogens with zero attached hydrogens (tertiary/aromatic N) is 1. The third kappa shape index (κ3) is 4.25. The van der Waals surface area contributed by atoms with Gasteiger partial charge in [-0.15, -0.1) is 0 Å². The van der Waals surface area contributed by atoms with Crippen molar-refractivity contribution < 1.29 is 23.5 Å². The van der Waals surface area contributed by atoms with Crippen LogP contribution in [0, 0.1) is 6.92 Å². The maximum Gasteiger partial charge on any atom is 0.273 e. The lowest BCUT2D eigenvalue weighted by atomic mass is 10.2. The molecule has 0 fully saturated rings. The molecule has 2 rings (SSSR count). The van der Waals surface area contributed by atoms with Crippen LogP contribution in [0.3, 0.4) is 0 Å². The number of hydrogen-bond acceptors (Lipinski definition) is 6. The largest absolute Gasteiger partial charge is 0.493 e. The van der Waals surface area contributed by atoms with Crippen LogP contribution in [0.4, 0.5) is 0 Å². The highest BCUT2D eigenvalue weighted by atomic mass is 16.5. The first-order valence-electron chi connectivity index (χ1n) is 7.22. The highest BCUT2D eigenvalue weighted by molar-refractivity contribution is 5.95. The van der Waals surface area contributed by atoms with Crippen LogP contribution in [0.25, 0.3) is 0 Å². The number of rotatable bonds is 7. The molecule has 0 aliphatic carbocycles. The quantitative estimate of drug-likeness (QED) is 0.785. The number of amides is 2. The van der Waals surface area contributed by atoms with E-state index in [0.717, 1.165) is 5.56 Å². The first kappa shape index (κ1) is 17.3. The maximum atomic E-state index is 11.9. The van der Waals surface area contributed by atoms with Crippen LogP contribution in [0.1, 0.15) is 28.9 Å². The zero-order chi connectivity index (χ0) is 17.7. The molecule has 0 spiro atoms. The normalized spacial score (nSPS) is 11.6. The molecule has 0 aliphatic rings. The summed E-state index contributed by atoms with van der Waals surface area (Å²) in [4.78, 5) is 26.8. The lowest BCUT2D eigenvalue weighted by Crippen LogP contribution is -2.42. The number of primary amides is 1. The number of carbonyl (C=O) groups excluding carboxylic acids is 2. The Morgan fingerprint density at radius 1 is 1.38 bits per heavy atom. The van der Waals surface area contributed by atoms with Gasteiger partial charge in [-0.3, -0.25) is 9.59 Å². The lowest BCUT2D eigenvalue weighted by Gasteiger charge is -2.09. The summed E-state index contributed by atoms with van der Waals surface area (Å²) in [5, 5.41) is 2.41. The van der Waals surface area contributed by atoms with Gasteiger partial charge in [-0.1, -0.05) is 6.07 Å². The van der Waals surface area contributed by atoms with E-state index < -0.39 is 17.9 Å². The van der Waals surface area contributed by atoms with Crippen LogP contribution in [0.2, 0.25) is 0 Å². The number of aromatic nitrogens is 1. The van der Waals surface area contributed by atoms with Crippen molar-refractivity contribution in [1.82, 2.24) is 10.3 Å². The highest BCUT2D eigenvalue weighted by Gasteiger charge is 2.17. The van der Waals surface area contributed by atoms with E-state index >= 15 is 0 Å². The second-order valence-electron chi connectivity index (χ2n) is 5.17. The van der Waals surface area contributed by atoms with E-state index in [1.165, 1.54) is 13.2 Å². The molecule has 1 aromatic carbocycles. The van der Waals surface area contributed by atoms with Crippen molar-refractivity contribution in [3.63, 3.8) is 0 Å². The van der Waals surface area contributed by atoms with Crippen molar-refractivity contribution in [2.24, 2.45) is 5.73 Å². The van der Waals surface area contributed by atoms with Crippen molar-refractivity contribution in [2.45, 2.75) is 26.5 Å². The Morgan fingerprint density at radius 2 is 2.12 bits per heavy atom. The van der Waals surface area contributed by atoms with Gasteiger partial charge in [0, 0.05) is 0 Å². The average Bonchev–Trinajstić information content (AvgIpc) is 3.02. The summed E-state index contributed by atoms with van der Waals surface area (Å²) >= 11 is 0. The zero-order valence-electron chi connectivity index (χ0n) is 13.7. The zero-order valence-corrected chi connectivity index (χ0v) is 13.7. The lowest BCUT2D eigenvalue weighted by molar-refractivity contribution is -0.119. The van der Waals surface area contributed by atoms with Gasteiger partial charge < -0.3 is 24.9 Å². The number of hydrogen-bond donors (Lipinski definition) is 2. The predicted octanol–water partition coefficient (Wildman–Crippen LogP) is 1.17. The summed E-state index contributed by atoms with van der Waals surface area (Å²) < 4.78 is 16.0. The third-order valence-electron chi connectivity index (χ3n) is 3.23. The molecule has 0 bridgehead atoms. The van der Waals surface area contributed by atoms with Crippen LogP contribution in [0.5, 0.6) is 11.5 Å². The molecule has 0 radical (unpaired) electrons. The number of nitrogens with two attached hydrogens (primary N) is 1. The van der Waals surface area contributed by atoms with E-state index in [1.54, 1.807) is 13.2 Å². The summed E-state index contributed by atoms with van der Waals surface area (Å²) in [6, 6.07) is 4.71. The Bertz CT molecular complexity index is 741. The van der Waals surface area contributed by atoms with Gasteiger partial charge in [0.15, 0.2) is 23.8 Å². The summed E-state index contributed by atoms with van der Waals surface area (Å²) in [7, 11) is 1.55. The number of aryl methyl sites for hydroxylation is 1. The molecule has 8 heteroatoms. The Balaban J connectivity index is 1.99. The van der Waals surface area contributed by atoms with Crippen LogP contribution in [-0.2, 0) is 11.4 Å². The molecule has 2 aromatic rings. The molecule has 0 unspecified atom stereocenters. The fraction of sp³-hybridized carbons (Fsp3) is 0.312. The minimum Gasteiger partial charge on any atom is -0.493 e. The van der Waals surface area contributed by atoms with Gasteiger partial charge in [0.2, 0.25) is 11.8 Å². The standard InChI is InChI=1S/C16H19N3O5/c1-9-4-5-12(13(6-9)22-3)23-8-14-19-11(7-24-14)16(21)18-10(2)15(17)20/h4-7,10H,8H2,1-3H3,(H2,17,20)(H,18,21)/t10-/m0/s1. The molecule has 128 valence electrons. The molecule has 8 nitrogen and oxygen atoms in total. The average molecular weight is 333 g/mol. The number of carbonyl (C=O) groups is 2. The van der Waals surface area contributed by atoms with Crippen LogP contribution < -0.4 is 20.5 Å². The number of methoxy groups -OCH3 is 1. The van der Waals surface area contributed by atoms with E-state index in [1.807, 2.05) is 19.1 Å². The Hall–Kier alpha value is -3.03. The summed E-state index contributed by atoms with van der Waals surface area (Å²) in [6.45, 7) is 3.45. The summed E-state index contributed by atoms with van der Waals surface area (Å²) in [5.74, 6) is 0.157. The number of nitrogens with one attached hydrogen (secondary N) is 1. The molecular formula is C16H19N3O5. The van der Waals surface area contributed by atoms with Crippen LogP contribution in [0.15, 0.2) is 28.9 Å². The Kier molecular flexibility index (Phi) is 5.41. The van der Waals surface area contributed by atoms with Gasteiger partial charge >= 0.3 is 0 Å². The second-order valence-corrected chi connectivity index (χ2v) is 5.17. The van der Waals surface area contributed by atoms with Crippen molar-refractivity contribution in [1.29, 1.82) is 0 Å². The van der Waals surface area contributed by atoms with Gasteiger partial charge in [0.1, 0.15) is 12.3 Å². The summed E-state index contributed by atoms with van der Waals surface area (Å²) in [5.41, 5.74) is 6.17. The van der Waals surface area contributed by atoms with Crippen molar-refractivity contribution in [2.75, 3.05) is 7.11 Å². The maximum absolute atomic E-state index is 11.9. The summed E-state index contributed by atoms with van der Waals surface area (Å²) in [6.07, 6.45) is 1.19. The van der Waals surface area contributed by atoms with Crippen molar-refractivity contribution in [3.8, 4) is 11.5 Å². The van der Waals surface area contributed by atoms with Crippen LogP contribution in [-0.4, -0.2) is 29.9 Å². The van der Waals surface area contributed by atoms with Gasteiger partial charge in [-0.2, -0.15) is 0 Å². The monoisotopic (exact) mass is 333 g/mol. The fourth-order valence-electron chi connectivity index (χ4n) is 1.86. The fourth-order valence-corrected chi connectivity index (χ4v) is 1.86. The SMILES string of the molecule is COc1cc(C)ccc1OCc1nc(C(=O)N[C@@H](C)C(N)=O)co1. The van der Waals surface area contributed by atoms with E-state index in [2.05, 4.69) is 10.3 Å². The van der Waals surface area contributed by atoms with E-state index in [4.69, 9.17) is 19.6 Å². The van der Waals surface area contributed by atoms with E-state index in [9.17, 15) is 9.59 Å². The van der Waals surface area contributed by atoms with Crippen molar-refractivity contribution >= 4 is 11.8 Å².